The first-order valence-corrected chi connectivity index (χ1v) is 13.4. The zero-order valence-electron chi connectivity index (χ0n) is 20.5. The van der Waals surface area contributed by atoms with Crippen molar-refractivity contribution >= 4 is 10.0 Å². The summed E-state index contributed by atoms with van der Waals surface area (Å²) in [5.41, 5.74) is 3.09. The highest BCUT2D eigenvalue weighted by molar-refractivity contribution is 7.89. The van der Waals surface area contributed by atoms with Crippen molar-refractivity contribution in [2.24, 2.45) is 5.92 Å². The molecule has 0 bridgehead atoms. The third-order valence-corrected chi connectivity index (χ3v) is 8.58. The molecule has 4 rings (SSSR count). The highest BCUT2D eigenvalue weighted by Crippen LogP contribution is 2.36. The lowest BCUT2D eigenvalue weighted by atomic mass is 10.0. The molecule has 0 spiro atoms. The number of ether oxygens (including phenoxy) is 1. The van der Waals surface area contributed by atoms with Crippen LogP contribution in [0.2, 0.25) is 0 Å². The van der Waals surface area contributed by atoms with E-state index in [-0.39, 0.29) is 30.1 Å². The SMILES string of the molecule is C[C@@H]1CN([C@@H](C)CO)S(=O)(=O)c2ccc(-c3ccccc3)cc2O[C@H]1CN(C)Cc1ccccc1. The van der Waals surface area contributed by atoms with Crippen LogP contribution in [0.25, 0.3) is 11.1 Å². The number of fused-ring (bicyclic) bond motifs is 1. The summed E-state index contributed by atoms with van der Waals surface area (Å²) in [6, 6.07) is 24.8. The summed E-state index contributed by atoms with van der Waals surface area (Å²) in [5, 5.41) is 9.84. The second-order valence-corrected chi connectivity index (χ2v) is 11.3. The summed E-state index contributed by atoms with van der Waals surface area (Å²) < 4.78 is 35.3. The van der Waals surface area contributed by atoms with Crippen molar-refractivity contribution in [3.05, 3.63) is 84.4 Å². The molecule has 1 heterocycles. The van der Waals surface area contributed by atoms with E-state index in [1.807, 2.05) is 74.6 Å². The Morgan fingerprint density at radius 1 is 1.03 bits per heavy atom. The van der Waals surface area contributed by atoms with Crippen LogP contribution < -0.4 is 4.74 Å². The Morgan fingerprint density at radius 3 is 2.34 bits per heavy atom. The molecular formula is C28H34N2O4S. The molecule has 7 heteroatoms. The number of aliphatic hydroxyl groups excluding tert-OH is 1. The van der Waals surface area contributed by atoms with Crippen molar-refractivity contribution in [2.45, 2.75) is 37.4 Å². The number of rotatable bonds is 7. The van der Waals surface area contributed by atoms with Crippen LogP contribution in [-0.2, 0) is 16.6 Å². The van der Waals surface area contributed by atoms with Gasteiger partial charge in [0.25, 0.3) is 0 Å². The Bertz CT molecular complexity index is 1220. The molecule has 186 valence electrons. The van der Waals surface area contributed by atoms with E-state index in [0.29, 0.717) is 12.3 Å². The summed E-state index contributed by atoms with van der Waals surface area (Å²) in [5.74, 6) is 0.261. The molecule has 0 amide bonds. The molecule has 0 aromatic heterocycles. The van der Waals surface area contributed by atoms with Crippen molar-refractivity contribution in [1.29, 1.82) is 0 Å². The lowest BCUT2D eigenvalue weighted by molar-refractivity contribution is 0.0734. The highest BCUT2D eigenvalue weighted by Gasteiger charge is 2.38. The monoisotopic (exact) mass is 494 g/mol. The van der Waals surface area contributed by atoms with Crippen LogP contribution in [0.4, 0.5) is 0 Å². The Kier molecular flexibility index (Phi) is 7.91. The molecule has 0 saturated carbocycles. The second kappa shape index (κ2) is 10.9. The fourth-order valence-electron chi connectivity index (χ4n) is 4.52. The quantitative estimate of drug-likeness (QED) is 0.532. The van der Waals surface area contributed by atoms with Gasteiger partial charge in [-0.05, 0) is 42.8 Å². The topological polar surface area (TPSA) is 70.1 Å². The van der Waals surface area contributed by atoms with E-state index < -0.39 is 16.1 Å². The van der Waals surface area contributed by atoms with Gasteiger partial charge in [0.2, 0.25) is 10.0 Å². The van der Waals surface area contributed by atoms with Crippen LogP contribution in [0.3, 0.4) is 0 Å². The predicted molar refractivity (Wildman–Crippen MR) is 139 cm³/mol. The van der Waals surface area contributed by atoms with E-state index >= 15 is 0 Å². The maximum absolute atomic E-state index is 13.7. The number of sulfonamides is 1. The summed E-state index contributed by atoms with van der Waals surface area (Å²) in [4.78, 5) is 2.34. The van der Waals surface area contributed by atoms with E-state index in [2.05, 4.69) is 17.0 Å². The normalized spacial score (nSPS) is 20.9. The fourth-order valence-corrected chi connectivity index (χ4v) is 6.35. The number of likely N-dealkylation sites (N-methyl/N-ethyl adjacent to an activating group) is 1. The molecule has 6 nitrogen and oxygen atoms in total. The molecule has 0 saturated heterocycles. The van der Waals surface area contributed by atoms with Crippen molar-refractivity contribution in [1.82, 2.24) is 9.21 Å². The summed E-state index contributed by atoms with van der Waals surface area (Å²) in [6.45, 7) is 5.17. The Balaban J connectivity index is 1.72. The zero-order valence-corrected chi connectivity index (χ0v) is 21.4. The molecule has 0 unspecified atom stereocenters. The van der Waals surface area contributed by atoms with E-state index in [4.69, 9.17) is 4.74 Å². The van der Waals surface area contributed by atoms with E-state index in [1.165, 1.54) is 9.87 Å². The van der Waals surface area contributed by atoms with E-state index in [0.717, 1.165) is 17.7 Å². The van der Waals surface area contributed by atoms with Gasteiger partial charge in [0, 0.05) is 31.6 Å². The molecule has 3 aromatic rings. The van der Waals surface area contributed by atoms with Gasteiger partial charge in [0.1, 0.15) is 16.7 Å². The molecule has 3 atom stereocenters. The average Bonchev–Trinajstić information content (AvgIpc) is 2.86. The van der Waals surface area contributed by atoms with E-state index in [9.17, 15) is 13.5 Å². The van der Waals surface area contributed by atoms with Gasteiger partial charge >= 0.3 is 0 Å². The molecule has 3 aromatic carbocycles. The van der Waals surface area contributed by atoms with Gasteiger partial charge in [-0.2, -0.15) is 4.31 Å². The van der Waals surface area contributed by atoms with Gasteiger partial charge in [-0.25, -0.2) is 8.42 Å². The van der Waals surface area contributed by atoms with Crippen LogP contribution >= 0.6 is 0 Å². The lowest BCUT2D eigenvalue weighted by Gasteiger charge is -2.37. The lowest BCUT2D eigenvalue weighted by Crippen LogP contribution is -2.49. The molecule has 0 radical (unpaired) electrons. The Labute approximate surface area is 208 Å². The van der Waals surface area contributed by atoms with Gasteiger partial charge in [0.15, 0.2) is 0 Å². The number of aliphatic hydroxyl groups is 1. The average molecular weight is 495 g/mol. The van der Waals surface area contributed by atoms with Crippen LogP contribution in [0.1, 0.15) is 19.4 Å². The van der Waals surface area contributed by atoms with Crippen molar-refractivity contribution in [2.75, 3.05) is 26.7 Å². The minimum atomic E-state index is -3.85. The number of benzene rings is 3. The van der Waals surface area contributed by atoms with Gasteiger partial charge in [0.05, 0.1) is 6.61 Å². The third-order valence-electron chi connectivity index (χ3n) is 6.56. The molecule has 1 aliphatic heterocycles. The van der Waals surface area contributed by atoms with Gasteiger partial charge < -0.3 is 9.84 Å². The summed E-state index contributed by atoms with van der Waals surface area (Å²) in [7, 11) is -1.80. The van der Waals surface area contributed by atoms with Crippen molar-refractivity contribution < 1.29 is 18.3 Å². The molecule has 0 aliphatic carbocycles. The number of hydrogen-bond acceptors (Lipinski definition) is 5. The second-order valence-electron chi connectivity index (χ2n) is 9.45. The minimum Gasteiger partial charge on any atom is -0.487 e. The van der Waals surface area contributed by atoms with Gasteiger partial charge in [-0.15, -0.1) is 0 Å². The largest absolute Gasteiger partial charge is 0.487 e. The predicted octanol–water partition coefficient (Wildman–Crippen LogP) is 4.25. The van der Waals surface area contributed by atoms with Crippen LogP contribution in [0.5, 0.6) is 5.75 Å². The maximum Gasteiger partial charge on any atom is 0.247 e. The van der Waals surface area contributed by atoms with Gasteiger partial charge in [-0.1, -0.05) is 73.7 Å². The first-order valence-electron chi connectivity index (χ1n) is 12.0. The number of hydrogen-bond donors (Lipinski definition) is 1. The first kappa shape index (κ1) is 25.4. The molecule has 1 N–H and O–H groups in total. The Hall–Kier alpha value is -2.71. The molecule has 0 fully saturated rings. The summed E-state index contributed by atoms with van der Waals surface area (Å²) >= 11 is 0. The van der Waals surface area contributed by atoms with Crippen LogP contribution in [0, 0.1) is 5.92 Å². The van der Waals surface area contributed by atoms with Crippen molar-refractivity contribution in [3.63, 3.8) is 0 Å². The standard InChI is InChI=1S/C28H34N2O4S/c1-21-17-30(22(2)20-31)35(32,33)28-15-14-25(24-12-8-5-9-13-24)16-26(28)34-27(21)19-29(3)18-23-10-6-4-7-11-23/h4-16,21-22,27,31H,17-20H2,1-3H3/t21-,22+,27+/m1/s1. The fraction of sp³-hybridized carbons (Fsp3) is 0.357. The minimum absolute atomic E-state index is 0.0921. The van der Waals surface area contributed by atoms with Gasteiger partial charge in [-0.3, -0.25) is 4.90 Å². The van der Waals surface area contributed by atoms with Crippen LogP contribution in [-0.4, -0.2) is 61.6 Å². The third kappa shape index (κ3) is 5.76. The molecular weight excluding hydrogens is 460 g/mol. The Morgan fingerprint density at radius 2 is 1.69 bits per heavy atom. The molecule has 35 heavy (non-hydrogen) atoms. The van der Waals surface area contributed by atoms with E-state index in [1.54, 1.807) is 13.0 Å². The highest BCUT2D eigenvalue weighted by atomic mass is 32.2. The number of nitrogens with zero attached hydrogens (tertiary/aromatic N) is 2. The van der Waals surface area contributed by atoms with Crippen molar-refractivity contribution in [3.8, 4) is 16.9 Å². The smallest absolute Gasteiger partial charge is 0.247 e. The maximum atomic E-state index is 13.7. The molecule has 1 aliphatic rings. The zero-order chi connectivity index (χ0) is 25.0. The summed E-state index contributed by atoms with van der Waals surface area (Å²) in [6.07, 6.45) is -0.239. The van der Waals surface area contributed by atoms with Crippen LogP contribution in [0.15, 0.2) is 83.8 Å². The first-order chi connectivity index (χ1) is 16.8.